The number of anilines is 3. The molecule has 0 spiro atoms. The molecule has 0 N–H and O–H groups in total. The Bertz CT molecular complexity index is 2530. The van der Waals surface area contributed by atoms with Crippen LogP contribution in [-0.2, 0) is 22.4 Å². The molecule has 7 nitrogen and oxygen atoms in total. The van der Waals surface area contributed by atoms with Crippen molar-refractivity contribution in [3.8, 4) is 23.0 Å². The number of hydrogen-bond acceptors (Lipinski definition) is 7. The third-order valence-electron chi connectivity index (χ3n) is 10.2. The Hall–Kier alpha value is -7.38. The van der Waals surface area contributed by atoms with Gasteiger partial charge in [-0.3, -0.25) is 9.59 Å². The van der Waals surface area contributed by atoms with Crippen molar-refractivity contribution in [2.75, 3.05) is 19.1 Å². The van der Waals surface area contributed by atoms with Crippen LogP contribution in [0.1, 0.15) is 58.4 Å². The van der Waals surface area contributed by atoms with Gasteiger partial charge in [-0.2, -0.15) is 0 Å². The summed E-state index contributed by atoms with van der Waals surface area (Å²) in [6.45, 7) is 8.97. The number of methoxy groups -OCH3 is 2. The lowest BCUT2D eigenvalue weighted by molar-refractivity contribution is -0.132. The topological polar surface area (TPSA) is 74.3 Å². The molecule has 7 rings (SSSR count). The van der Waals surface area contributed by atoms with Crippen molar-refractivity contribution < 1.29 is 28.5 Å². The van der Waals surface area contributed by atoms with Crippen molar-refractivity contribution in [2.45, 2.75) is 47.5 Å². The molecule has 314 valence electrons. The SMILES string of the molecule is COc1ccc(C(=Cc2ccc(N(c3ccc(C)cc3)c3ccc(C)cc3)cc2)c2ccc(OC(C)=O)cc2)cc1.COc1ccc(CCc2ccc(OC(C)=O)c(C)c2)cc1. The van der Waals surface area contributed by atoms with Gasteiger partial charge in [-0.25, -0.2) is 0 Å². The van der Waals surface area contributed by atoms with Crippen LogP contribution >= 0.6 is 0 Å². The Morgan fingerprint density at radius 2 is 0.903 bits per heavy atom. The first-order valence-electron chi connectivity index (χ1n) is 20.6. The summed E-state index contributed by atoms with van der Waals surface area (Å²) >= 11 is 0. The van der Waals surface area contributed by atoms with E-state index in [0.29, 0.717) is 11.5 Å². The van der Waals surface area contributed by atoms with Crippen molar-refractivity contribution in [1.29, 1.82) is 0 Å². The summed E-state index contributed by atoms with van der Waals surface area (Å²) in [5.74, 6) is 2.20. The van der Waals surface area contributed by atoms with Crippen molar-refractivity contribution in [3.63, 3.8) is 0 Å². The summed E-state index contributed by atoms with van der Waals surface area (Å²) in [6.07, 6.45) is 4.10. The molecule has 0 heterocycles. The van der Waals surface area contributed by atoms with Gasteiger partial charge in [0.25, 0.3) is 0 Å². The van der Waals surface area contributed by atoms with Gasteiger partial charge in [0.1, 0.15) is 23.0 Å². The number of hydrogen-bond donors (Lipinski definition) is 0. The highest BCUT2D eigenvalue weighted by Gasteiger charge is 2.13. The summed E-state index contributed by atoms with van der Waals surface area (Å²) in [5, 5.41) is 0. The zero-order valence-electron chi connectivity index (χ0n) is 36.5. The third kappa shape index (κ3) is 12.3. The lowest BCUT2D eigenvalue weighted by Crippen LogP contribution is -2.09. The maximum atomic E-state index is 11.4. The molecule has 0 aliphatic heterocycles. The fraction of sp³-hybridized carbons (Fsp3) is 0.164. The Balaban J connectivity index is 0.000000256. The van der Waals surface area contributed by atoms with Gasteiger partial charge < -0.3 is 23.8 Å². The normalized spacial score (nSPS) is 10.9. The van der Waals surface area contributed by atoms with Gasteiger partial charge in [0.2, 0.25) is 0 Å². The average molecular weight is 824 g/mol. The Morgan fingerprint density at radius 1 is 0.484 bits per heavy atom. The van der Waals surface area contributed by atoms with E-state index >= 15 is 0 Å². The molecule has 0 unspecified atom stereocenters. The minimum Gasteiger partial charge on any atom is -0.497 e. The second-order valence-corrected chi connectivity index (χ2v) is 15.0. The van der Waals surface area contributed by atoms with Gasteiger partial charge in [0.05, 0.1) is 14.2 Å². The van der Waals surface area contributed by atoms with Crippen LogP contribution in [0.3, 0.4) is 0 Å². The minimum absolute atomic E-state index is 0.288. The number of carbonyl (C=O) groups is 2. The van der Waals surface area contributed by atoms with Crippen molar-refractivity contribution in [2.24, 2.45) is 0 Å². The van der Waals surface area contributed by atoms with Crippen LogP contribution < -0.4 is 23.8 Å². The van der Waals surface area contributed by atoms with Crippen LogP contribution in [0.2, 0.25) is 0 Å². The second-order valence-electron chi connectivity index (χ2n) is 15.0. The molecule has 0 radical (unpaired) electrons. The fourth-order valence-electron chi connectivity index (χ4n) is 6.91. The summed E-state index contributed by atoms with van der Waals surface area (Å²) < 4.78 is 20.9. The number of benzene rings is 7. The van der Waals surface area contributed by atoms with Crippen LogP contribution in [0.5, 0.6) is 23.0 Å². The fourth-order valence-corrected chi connectivity index (χ4v) is 6.91. The predicted octanol–water partition coefficient (Wildman–Crippen LogP) is 13.0. The molecule has 0 saturated heterocycles. The molecule has 0 aliphatic rings. The van der Waals surface area contributed by atoms with E-state index in [0.717, 1.165) is 69.2 Å². The molecule has 0 aromatic heterocycles. The van der Waals surface area contributed by atoms with E-state index in [1.54, 1.807) is 14.2 Å². The Kier molecular flexibility index (Phi) is 15.1. The van der Waals surface area contributed by atoms with Crippen LogP contribution in [-0.4, -0.2) is 26.2 Å². The molecule has 0 saturated carbocycles. The summed E-state index contributed by atoms with van der Waals surface area (Å²) in [6, 6.07) is 55.4. The molecule has 0 bridgehead atoms. The molecule has 0 amide bonds. The first-order chi connectivity index (χ1) is 30.0. The number of carbonyl (C=O) groups excluding carboxylic acids is 2. The maximum absolute atomic E-state index is 11.4. The number of rotatable bonds is 13. The monoisotopic (exact) mass is 823 g/mol. The number of ether oxygens (including phenoxy) is 4. The second kappa shape index (κ2) is 21.2. The molecular weight excluding hydrogens is 771 g/mol. The first kappa shape index (κ1) is 44.2. The molecule has 7 aromatic carbocycles. The Labute approximate surface area is 365 Å². The molecule has 62 heavy (non-hydrogen) atoms. The molecule has 0 fully saturated rings. The zero-order chi connectivity index (χ0) is 44.0. The highest BCUT2D eigenvalue weighted by atomic mass is 16.5. The number of nitrogens with zero attached hydrogens (tertiary/aromatic N) is 1. The van der Waals surface area contributed by atoms with Gasteiger partial charge in [-0.1, -0.05) is 96.1 Å². The van der Waals surface area contributed by atoms with E-state index in [4.69, 9.17) is 18.9 Å². The van der Waals surface area contributed by atoms with Gasteiger partial charge in [0, 0.05) is 30.9 Å². The van der Waals surface area contributed by atoms with Crippen LogP contribution in [0, 0.1) is 20.8 Å². The van der Waals surface area contributed by atoms with E-state index in [-0.39, 0.29) is 11.9 Å². The molecular formula is C55H53NO6. The largest absolute Gasteiger partial charge is 0.497 e. The lowest BCUT2D eigenvalue weighted by atomic mass is 9.95. The molecule has 0 atom stereocenters. The predicted molar refractivity (Wildman–Crippen MR) is 251 cm³/mol. The van der Waals surface area contributed by atoms with Gasteiger partial charge >= 0.3 is 11.9 Å². The van der Waals surface area contributed by atoms with Crippen LogP contribution in [0.25, 0.3) is 11.6 Å². The van der Waals surface area contributed by atoms with Gasteiger partial charge in [-0.15, -0.1) is 0 Å². The average Bonchev–Trinajstić information content (AvgIpc) is 3.28. The quantitative estimate of drug-likeness (QED) is 0.0651. The van der Waals surface area contributed by atoms with Crippen molar-refractivity contribution in [3.05, 3.63) is 208 Å². The van der Waals surface area contributed by atoms with Crippen LogP contribution in [0.4, 0.5) is 17.1 Å². The summed E-state index contributed by atoms with van der Waals surface area (Å²) in [7, 11) is 3.33. The lowest BCUT2D eigenvalue weighted by Gasteiger charge is -2.26. The summed E-state index contributed by atoms with van der Waals surface area (Å²) in [4.78, 5) is 24.6. The highest BCUT2D eigenvalue weighted by Crippen LogP contribution is 2.36. The number of esters is 2. The smallest absolute Gasteiger partial charge is 0.308 e. The van der Waals surface area contributed by atoms with Crippen molar-refractivity contribution >= 4 is 40.6 Å². The highest BCUT2D eigenvalue weighted by molar-refractivity contribution is 5.92. The third-order valence-corrected chi connectivity index (χ3v) is 10.2. The standard InChI is InChI=1S/C37H33NO3.C18H20O3/c1-26-5-15-32(16-6-26)38(33-17-7-27(2)8-18-33)34-19-9-29(10-20-34)25-37(30-11-21-35(40-4)22-12-30)31-13-23-36(24-14-31)41-28(3)39;1-13-12-16(8-11-18(13)21-14(2)19)5-4-15-6-9-17(20-3)10-7-15/h5-25H,1-4H3;6-12H,4-5H2,1-3H3. The summed E-state index contributed by atoms with van der Waals surface area (Å²) in [5.41, 5.74) is 13.4. The van der Waals surface area contributed by atoms with E-state index in [1.165, 1.54) is 36.1 Å². The number of aryl methyl sites for hydroxylation is 5. The van der Waals surface area contributed by atoms with Gasteiger partial charge in [-0.05, 0) is 158 Å². The van der Waals surface area contributed by atoms with E-state index in [2.05, 4.69) is 128 Å². The minimum atomic E-state index is -0.339. The molecule has 0 aliphatic carbocycles. The molecule has 7 heteroatoms. The van der Waals surface area contributed by atoms with Crippen LogP contribution in [0.15, 0.2) is 164 Å². The van der Waals surface area contributed by atoms with Gasteiger partial charge in [0.15, 0.2) is 0 Å². The van der Waals surface area contributed by atoms with Crippen molar-refractivity contribution in [1.82, 2.24) is 0 Å². The molecule has 7 aromatic rings. The van der Waals surface area contributed by atoms with E-state index in [9.17, 15) is 9.59 Å². The zero-order valence-corrected chi connectivity index (χ0v) is 36.5. The first-order valence-corrected chi connectivity index (χ1v) is 20.6. The maximum Gasteiger partial charge on any atom is 0.308 e. The van der Waals surface area contributed by atoms with E-state index < -0.39 is 0 Å². The van der Waals surface area contributed by atoms with E-state index in [1.807, 2.05) is 67.6 Å². The Morgan fingerprint density at radius 3 is 1.35 bits per heavy atom.